The molecular weight excluding hydrogens is 252 g/mol. The van der Waals surface area contributed by atoms with Gasteiger partial charge in [0.15, 0.2) is 0 Å². The van der Waals surface area contributed by atoms with Crippen LogP contribution in [0.15, 0.2) is 18.2 Å². The fraction of sp³-hybridized carbons (Fsp3) is 0.455. The summed E-state index contributed by atoms with van der Waals surface area (Å²) in [5.74, 6) is 0. The summed E-state index contributed by atoms with van der Waals surface area (Å²) in [6.45, 7) is 1.42. The first-order valence-electron chi connectivity index (χ1n) is 5.76. The quantitative estimate of drug-likeness (QED) is 0.457. The summed E-state index contributed by atoms with van der Waals surface area (Å²) in [6, 6.07) is 3.68. The summed E-state index contributed by atoms with van der Waals surface area (Å²) >= 11 is 0. The van der Waals surface area contributed by atoms with Crippen molar-refractivity contribution in [3.8, 4) is 0 Å². The third kappa shape index (κ3) is 3.88. The first-order chi connectivity index (χ1) is 8.97. The maximum Gasteiger partial charge on any atom is 0.299 e. The Bertz CT molecular complexity index is 478. The van der Waals surface area contributed by atoms with Crippen LogP contribution in [0.2, 0.25) is 0 Å². The van der Waals surface area contributed by atoms with Gasteiger partial charge < -0.3 is 10.2 Å². The molecule has 0 aliphatic rings. The second kappa shape index (κ2) is 6.64. The van der Waals surface area contributed by atoms with Crippen molar-refractivity contribution in [3.63, 3.8) is 0 Å². The zero-order valence-electron chi connectivity index (χ0n) is 10.8. The Morgan fingerprint density at radius 1 is 1.26 bits per heavy atom. The first kappa shape index (κ1) is 14.8. The van der Waals surface area contributed by atoms with Gasteiger partial charge in [-0.3, -0.25) is 20.2 Å². The topological polar surface area (TPSA) is 102 Å². The molecule has 1 N–H and O–H groups in total. The third-order valence-electron chi connectivity index (χ3n) is 2.70. The van der Waals surface area contributed by atoms with Gasteiger partial charge in [0.1, 0.15) is 5.69 Å². The van der Waals surface area contributed by atoms with E-state index in [1.165, 1.54) is 12.1 Å². The largest absolute Gasteiger partial charge is 0.369 e. The lowest BCUT2D eigenvalue weighted by Gasteiger charge is -2.18. The molecule has 0 aliphatic heterocycles. The van der Waals surface area contributed by atoms with Gasteiger partial charge in [-0.1, -0.05) is 0 Å². The van der Waals surface area contributed by atoms with Crippen LogP contribution in [-0.4, -0.2) is 37.0 Å². The van der Waals surface area contributed by atoms with Crippen molar-refractivity contribution in [1.82, 2.24) is 5.32 Å². The summed E-state index contributed by atoms with van der Waals surface area (Å²) < 4.78 is 0. The lowest BCUT2D eigenvalue weighted by Crippen LogP contribution is -2.23. The van der Waals surface area contributed by atoms with E-state index in [4.69, 9.17) is 0 Å². The Kier molecular flexibility index (Phi) is 5.19. The van der Waals surface area contributed by atoms with Gasteiger partial charge in [-0.25, -0.2) is 0 Å². The van der Waals surface area contributed by atoms with E-state index in [-0.39, 0.29) is 11.4 Å². The number of nitrogens with one attached hydrogen (secondary N) is 1. The standard InChI is InChI=1S/C11H16N4O4/c1-12-6-3-7-13(2)10-5-4-9(14(16)17)8-11(10)15(18)19/h4-5,8,12H,3,6-7H2,1-2H3. The molecule has 0 bridgehead atoms. The molecule has 0 saturated carbocycles. The number of nitro groups is 2. The smallest absolute Gasteiger partial charge is 0.299 e. The highest BCUT2D eigenvalue weighted by Crippen LogP contribution is 2.31. The normalized spacial score (nSPS) is 10.2. The van der Waals surface area contributed by atoms with Gasteiger partial charge in [-0.15, -0.1) is 0 Å². The molecule has 1 aromatic carbocycles. The third-order valence-corrected chi connectivity index (χ3v) is 2.70. The lowest BCUT2D eigenvalue weighted by molar-refractivity contribution is -0.393. The molecule has 0 fully saturated rings. The predicted octanol–water partition coefficient (Wildman–Crippen LogP) is 1.55. The molecule has 0 saturated heterocycles. The van der Waals surface area contributed by atoms with Gasteiger partial charge in [0.05, 0.1) is 15.9 Å². The SMILES string of the molecule is CNCCCN(C)c1ccc([N+](=O)[O-])cc1[N+](=O)[O-]. The van der Waals surface area contributed by atoms with E-state index in [0.29, 0.717) is 12.2 Å². The Hall–Kier alpha value is -2.22. The number of hydrogen-bond acceptors (Lipinski definition) is 6. The van der Waals surface area contributed by atoms with Crippen molar-refractivity contribution in [1.29, 1.82) is 0 Å². The van der Waals surface area contributed by atoms with Crippen LogP contribution in [-0.2, 0) is 0 Å². The molecule has 0 spiro atoms. The lowest BCUT2D eigenvalue weighted by atomic mass is 10.2. The summed E-state index contributed by atoms with van der Waals surface area (Å²) in [5, 5.41) is 24.6. The van der Waals surface area contributed by atoms with Crippen molar-refractivity contribution >= 4 is 17.1 Å². The molecule has 0 radical (unpaired) electrons. The first-order valence-corrected chi connectivity index (χ1v) is 5.76. The summed E-state index contributed by atoms with van der Waals surface area (Å²) in [4.78, 5) is 22.1. The predicted molar refractivity (Wildman–Crippen MR) is 71.6 cm³/mol. The Morgan fingerprint density at radius 3 is 2.47 bits per heavy atom. The molecule has 0 unspecified atom stereocenters. The van der Waals surface area contributed by atoms with E-state index in [9.17, 15) is 20.2 Å². The van der Waals surface area contributed by atoms with Crippen LogP contribution < -0.4 is 10.2 Å². The van der Waals surface area contributed by atoms with Crippen LogP contribution in [0, 0.1) is 20.2 Å². The van der Waals surface area contributed by atoms with E-state index in [2.05, 4.69) is 5.32 Å². The summed E-state index contributed by atoms with van der Waals surface area (Å²) in [7, 11) is 3.55. The molecule has 19 heavy (non-hydrogen) atoms. The molecule has 0 heterocycles. The number of anilines is 1. The Morgan fingerprint density at radius 2 is 1.95 bits per heavy atom. The minimum Gasteiger partial charge on any atom is -0.369 e. The van der Waals surface area contributed by atoms with Crippen LogP contribution in [0.25, 0.3) is 0 Å². The number of nitrogens with zero attached hydrogens (tertiary/aromatic N) is 3. The highest BCUT2D eigenvalue weighted by molar-refractivity contribution is 5.66. The maximum absolute atomic E-state index is 11.0. The van der Waals surface area contributed by atoms with Gasteiger partial charge in [0, 0.05) is 19.7 Å². The molecule has 1 aromatic rings. The van der Waals surface area contributed by atoms with Gasteiger partial charge in [0.25, 0.3) is 11.4 Å². The number of nitro benzene ring substituents is 2. The second-order valence-corrected chi connectivity index (χ2v) is 4.07. The number of hydrogen-bond donors (Lipinski definition) is 1. The van der Waals surface area contributed by atoms with Gasteiger partial charge in [-0.2, -0.15) is 0 Å². The molecule has 8 nitrogen and oxygen atoms in total. The Labute approximate surface area is 110 Å². The average molecular weight is 268 g/mol. The molecule has 104 valence electrons. The van der Waals surface area contributed by atoms with Gasteiger partial charge in [0.2, 0.25) is 0 Å². The molecule has 8 heteroatoms. The van der Waals surface area contributed by atoms with Crippen molar-refractivity contribution in [2.24, 2.45) is 0 Å². The van der Waals surface area contributed by atoms with E-state index >= 15 is 0 Å². The summed E-state index contributed by atoms with van der Waals surface area (Å²) in [6.07, 6.45) is 0.821. The van der Waals surface area contributed by atoms with Crippen LogP contribution in [0.3, 0.4) is 0 Å². The van der Waals surface area contributed by atoms with Gasteiger partial charge >= 0.3 is 0 Å². The zero-order valence-corrected chi connectivity index (χ0v) is 10.8. The van der Waals surface area contributed by atoms with E-state index in [1.54, 1.807) is 11.9 Å². The highest BCUT2D eigenvalue weighted by atomic mass is 16.6. The van der Waals surface area contributed by atoms with E-state index in [1.807, 2.05) is 7.05 Å². The van der Waals surface area contributed by atoms with Crippen LogP contribution in [0.1, 0.15) is 6.42 Å². The van der Waals surface area contributed by atoms with Crippen LogP contribution in [0.5, 0.6) is 0 Å². The van der Waals surface area contributed by atoms with Crippen molar-refractivity contribution in [2.75, 3.05) is 32.1 Å². The molecule has 0 atom stereocenters. The van der Waals surface area contributed by atoms with Gasteiger partial charge in [-0.05, 0) is 26.1 Å². The Balaban J connectivity index is 2.99. The number of benzene rings is 1. The van der Waals surface area contributed by atoms with Crippen molar-refractivity contribution < 1.29 is 9.85 Å². The fourth-order valence-corrected chi connectivity index (χ4v) is 1.71. The van der Waals surface area contributed by atoms with Crippen molar-refractivity contribution in [3.05, 3.63) is 38.4 Å². The summed E-state index contributed by atoms with van der Waals surface area (Å²) in [5.41, 5.74) is -0.146. The zero-order chi connectivity index (χ0) is 14.4. The minimum atomic E-state index is -0.641. The average Bonchev–Trinajstić information content (AvgIpc) is 2.38. The number of rotatable bonds is 7. The maximum atomic E-state index is 11.0. The van der Waals surface area contributed by atoms with Crippen LogP contribution in [0.4, 0.5) is 17.1 Å². The number of non-ortho nitro benzene ring substituents is 1. The monoisotopic (exact) mass is 268 g/mol. The molecular formula is C11H16N4O4. The van der Waals surface area contributed by atoms with E-state index in [0.717, 1.165) is 19.0 Å². The molecule has 0 aromatic heterocycles. The fourth-order valence-electron chi connectivity index (χ4n) is 1.71. The highest BCUT2D eigenvalue weighted by Gasteiger charge is 2.21. The molecule has 0 amide bonds. The van der Waals surface area contributed by atoms with Crippen molar-refractivity contribution in [2.45, 2.75) is 6.42 Å². The second-order valence-electron chi connectivity index (χ2n) is 4.07. The molecule has 0 aliphatic carbocycles. The van der Waals surface area contributed by atoms with E-state index < -0.39 is 9.85 Å². The molecule has 1 rings (SSSR count). The van der Waals surface area contributed by atoms with Crippen LogP contribution >= 0.6 is 0 Å². The minimum absolute atomic E-state index is 0.249.